The van der Waals surface area contributed by atoms with Crippen molar-refractivity contribution >= 4 is 28.1 Å². The molecule has 3 aromatic rings. The quantitative estimate of drug-likeness (QED) is 0.619. The van der Waals surface area contributed by atoms with Gasteiger partial charge in [-0.05, 0) is 23.3 Å². The lowest BCUT2D eigenvalue weighted by molar-refractivity contribution is -0.124. The van der Waals surface area contributed by atoms with Crippen molar-refractivity contribution in [1.82, 2.24) is 10.2 Å². The molecule has 0 aliphatic carbocycles. The van der Waals surface area contributed by atoms with Crippen LogP contribution in [0.4, 0.5) is 15.2 Å². The van der Waals surface area contributed by atoms with Gasteiger partial charge in [-0.1, -0.05) is 61.6 Å². The third-order valence-corrected chi connectivity index (χ3v) is 6.28. The van der Waals surface area contributed by atoms with E-state index >= 15 is 4.39 Å². The van der Waals surface area contributed by atoms with Crippen molar-refractivity contribution < 1.29 is 13.9 Å². The monoisotopic (exact) mass is 440 g/mol. The SMILES string of the molecule is CC(C)(C(=O)Nc1nncs1)C(c1ccccc1)c1ccc(N2CCOCC2)c(F)c1. The number of amides is 1. The minimum absolute atomic E-state index is 0.198. The third-order valence-electron chi connectivity index (χ3n) is 5.68. The van der Waals surface area contributed by atoms with Gasteiger partial charge in [-0.15, -0.1) is 10.2 Å². The van der Waals surface area contributed by atoms with E-state index in [1.54, 1.807) is 11.6 Å². The van der Waals surface area contributed by atoms with Gasteiger partial charge in [0.15, 0.2) is 0 Å². The van der Waals surface area contributed by atoms with Crippen LogP contribution in [-0.4, -0.2) is 42.4 Å². The number of morpholine rings is 1. The summed E-state index contributed by atoms with van der Waals surface area (Å²) in [4.78, 5) is 15.2. The molecule has 1 N–H and O–H groups in total. The summed E-state index contributed by atoms with van der Waals surface area (Å²) in [6, 6.07) is 15.0. The van der Waals surface area contributed by atoms with Gasteiger partial charge >= 0.3 is 0 Å². The lowest BCUT2D eigenvalue weighted by Crippen LogP contribution is -2.38. The van der Waals surface area contributed by atoms with E-state index in [4.69, 9.17) is 4.74 Å². The van der Waals surface area contributed by atoms with Crippen LogP contribution in [0.25, 0.3) is 0 Å². The number of nitrogens with zero attached hydrogens (tertiary/aromatic N) is 3. The second-order valence-corrected chi connectivity index (χ2v) is 8.91. The molecule has 1 unspecified atom stereocenters. The maximum atomic E-state index is 15.2. The Kier molecular flexibility index (Phi) is 6.29. The molecule has 162 valence electrons. The van der Waals surface area contributed by atoms with Crippen molar-refractivity contribution in [2.24, 2.45) is 5.41 Å². The van der Waals surface area contributed by atoms with Crippen molar-refractivity contribution in [1.29, 1.82) is 0 Å². The van der Waals surface area contributed by atoms with Gasteiger partial charge in [0.25, 0.3) is 0 Å². The smallest absolute Gasteiger partial charge is 0.232 e. The van der Waals surface area contributed by atoms with Crippen LogP contribution in [0.1, 0.15) is 30.9 Å². The molecule has 1 fully saturated rings. The Hall–Kier alpha value is -2.84. The molecular weight excluding hydrogens is 415 g/mol. The van der Waals surface area contributed by atoms with E-state index in [2.05, 4.69) is 15.5 Å². The molecule has 8 heteroatoms. The summed E-state index contributed by atoms with van der Waals surface area (Å²) in [6.07, 6.45) is 0. The third kappa shape index (κ3) is 4.60. The Balaban J connectivity index is 1.70. The molecule has 31 heavy (non-hydrogen) atoms. The molecule has 0 saturated carbocycles. The summed E-state index contributed by atoms with van der Waals surface area (Å²) in [6.45, 7) is 6.24. The molecule has 1 aliphatic heterocycles. The fourth-order valence-electron chi connectivity index (χ4n) is 4.05. The fourth-order valence-corrected chi connectivity index (χ4v) is 4.49. The van der Waals surface area contributed by atoms with Crippen LogP contribution in [0.2, 0.25) is 0 Å². The number of halogens is 1. The average molecular weight is 441 g/mol. The molecule has 1 aromatic heterocycles. The molecule has 4 rings (SSSR count). The highest BCUT2D eigenvalue weighted by molar-refractivity contribution is 7.13. The van der Waals surface area contributed by atoms with Gasteiger partial charge in [0.2, 0.25) is 11.0 Å². The first-order valence-corrected chi connectivity index (χ1v) is 11.1. The second-order valence-electron chi connectivity index (χ2n) is 8.07. The summed E-state index contributed by atoms with van der Waals surface area (Å²) in [5, 5.41) is 11.0. The van der Waals surface area contributed by atoms with E-state index in [0.717, 1.165) is 11.1 Å². The van der Waals surface area contributed by atoms with Gasteiger partial charge in [0.1, 0.15) is 11.3 Å². The normalized spacial score (nSPS) is 15.5. The van der Waals surface area contributed by atoms with Crippen LogP contribution in [-0.2, 0) is 9.53 Å². The van der Waals surface area contributed by atoms with Crippen molar-refractivity contribution in [2.45, 2.75) is 19.8 Å². The van der Waals surface area contributed by atoms with Crippen molar-refractivity contribution in [3.8, 4) is 0 Å². The van der Waals surface area contributed by atoms with E-state index in [9.17, 15) is 4.79 Å². The number of benzene rings is 2. The summed E-state index contributed by atoms with van der Waals surface area (Å²) < 4.78 is 20.6. The van der Waals surface area contributed by atoms with Crippen molar-refractivity contribution in [3.05, 3.63) is 71.0 Å². The number of aromatic nitrogens is 2. The minimum atomic E-state index is -0.875. The number of ether oxygens (including phenoxy) is 1. The molecule has 0 bridgehead atoms. The van der Waals surface area contributed by atoms with Gasteiger partial charge in [-0.3, -0.25) is 4.79 Å². The molecule has 2 heterocycles. The van der Waals surface area contributed by atoms with Crippen LogP contribution < -0.4 is 10.2 Å². The Bertz CT molecular complexity index is 1020. The molecule has 0 radical (unpaired) electrons. The van der Waals surface area contributed by atoms with E-state index in [-0.39, 0.29) is 17.6 Å². The van der Waals surface area contributed by atoms with E-state index in [0.29, 0.717) is 37.1 Å². The van der Waals surface area contributed by atoms with Gasteiger partial charge in [-0.2, -0.15) is 0 Å². The van der Waals surface area contributed by atoms with E-state index < -0.39 is 5.41 Å². The Morgan fingerprint density at radius 3 is 2.55 bits per heavy atom. The van der Waals surface area contributed by atoms with Gasteiger partial charge in [-0.25, -0.2) is 4.39 Å². The zero-order valence-electron chi connectivity index (χ0n) is 17.5. The average Bonchev–Trinajstić information content (AvgIpc) is 3.28. The number of carbonyl (C=O) groups excluding carboxylic acids is 1. The van der Waals surface area contributed by atoms with Crippen LogP contribution >= 0.6 is 11.3 Å². The number of anilines is 2. The zero-order valence-corrected chi connectivity index (χ0v) is 18.4. The Labute approximate surface area is 185 Å². The summed E-state index contributed by atoms with van der Waals surface area (Å²) in [5.41, 5.74) is 2.95. The Morgan fingerprint density at radius 1 is 1.16 bits per heavy atom. The zero-order chi connectivity index (χ0) is 21.8. The number of carbonyl (C=O) groups is 1. The largest absolute Gasteiger partial charge is 0.378 e. The van der Waals surface area contributed by atoms with E-state index in [1.807, 2.05) is 61.2 Å². The fraction of sp³-hybridized carbons (Fsp3) is 0.348. The molecule has 1 aliphatic rings. The first-order chi connectivity index (χ1) is 15.0. The van der Waals surface area contributed by atoms with Crippen molar-refractivity contribution in [2.75, 3.05) is 36.5 Å². The van der Waals surface area contributed by atoms with Crippen LogP contribution in [0.5, 0.6) is 0 Å². The predicted molar refractivity (Wildman–Crippen MR) is 120 cm³/mol. The Morgan fingerprint density at radius 2 is 1.90 bits per heavy atom. The van der Waals surface area contributed by atoms with Crippen LogP contribution in [0.3, 0.4) is 0 Å². The summed E-state index contributed by atoms with van der Waals surface area (Å²) in [5.74, 6) is -0.841. The molecule has 1 saturated heterocycles. The lowest BCUT2D eigenvalue weighted by Gasteiger charge is -2.34. The van der Waals surface area contributed by atoms with E-state index in [1.165, 1.54) is 11.3 Å². The number of nitrogens with one attached hydrogen (secondary N) is 1. The molecule has 0 spiro atoms. The maximum absolute atomic E-state index is 15.2. The standard InChI is InChI=1S/C23H25FN4O2S/c1-23(2,21(29)26-22-27-25-15-31-22)20(16-6-4-3-5-7-16)17-8-9-19(18(24)14-17)28-10-12-30-13-11-28/h3-9,14-15,20H,10-13H2,1-2H3,(H,26,27,29). The second kappa shape index (κ2) is 9.11. The lowest BCUT2D eigenvalue weighted by atomic mass is 9.70. The van der Waals surface area contributed by atoms with Crippen LogP contribution in [0.15, 0.2) is 54.0 Å². The molecule has 1 atom stereocenters. The topological polar surface area (TPSA) is 67.4 Å². The number of hydrogen-bond acceptors (Lipinski definition) is 6. The first kappa shape index (κ1) is 21.4. The molecule has 6 nitrogen and oxygen atoms in total. The highest BCUT2D eigenvalue weighted by atomic mass is 32.1. The van der Waals surface area contributed by atoms with Gasteiger partial charge in [0, 0.05) is 19.0 Å². The molecular formula is C23H25FN4O2S. The highest BCUT2D eigenvalue weighted by Crippen LogP contribution is 2.42. The number of rotatable bonds is 6. The van der Waals surface area contributed by atoms with Crippen molar-refractivity contribution in [3.63, 3.8) is 0 Å². The molecule has 2 aromatic carbocycles. The maximum Gasteiger partial charge on any atom is 0.232 e. The van der Waals surface area contributed by atoms with Gasteiger partial charge < -0.3 is 15.0 Å². The summed E-state index contributed by atoms with van der Waals surface area (Å²) >= 11 is 1.26. The van der Waals surface area contributed by atoms with Crippen LogP contribution in [0, 0.1) is 11.2 Å². The molecule has 1 amide bonds. The minimum Gasteiger partial charge on any atom is -0.378 e. The predicted octanol–water partition coefficient (Wildman–Crippen LogP) is 4.31. The summed E-state index contributed by atoms with van der Waals surface area (Å²) in [7, 11) is 0. The number of hydrogen-bond donors (Lipinski definition) is 1. The van der Waals surface area contributed by atoms with Gasteiger partial charge in [0.05, 0.1) is 24.3 Å². The first-order valence-electron chi connectivity index (χ1n) is 10.2. The highest BCUT2D eigenvalue weighted by Gasteiger charge is 2.39.